The Kier molecular flexibility index (Phi) is 4.64. The third kappa shape index (κ3) is 3.06. The topological polar surface area (TPSA) is 69.0 Å². The number of carbonyl (C=O) groups is 2. The highest BCUT2D eigenvalue weighted by Gasteiger charge is 2.35. The number of hydrogen-bond donors (Lipinski definition) is 0. The lowest BCUT2D eigenvalue weighted by Crippen LogP contribution is -2.52. The molecule has 1 aliphatic rings. The average Bonchev–Trinajstić information content (AvgIpc) is 2.89. The molecule has 0 spiro atoms. The fraction of sp³-hybridized carbons (Fsp3) is 0.412. The number of carbonyl (C=O) groups excluding carboxylic acids is 2. The van der Waals surface area contributed by atoms with Gasteiger partial charge >= 0.3 is 5.97 Å². The van der Waals surface area contributed by atoms with Gasteiger partial charge in [-0.2, -0.15) is 0 Å². The Morgan fingerprint density at radius 2 is 2.08 bits per heavy atom. The van der Waals surface area contributed by atoms with Gasteiger partial charge in [0.15, 0.2) is 11.9 Å². The van der Waals surface area contributed by atoms with E-state index in [4.69, 9.17) is 13.9 Å². The Morgan fingerprint density at radius 1 is 1.33 bits per heavy atom. The monoisotopic (exact) mass is 395 g/mol. The molecule has 1 fully saturated rings. The molecule has 0 radical (unpaired) electrons. The Balaban J connectivity index is 1.91. The highest BCUT2D eigenvalue weighted by atomic mass is 79.9. The van der Waals surface area contributed by atoms with Crippen LogP contribution < -0.4 is 0 Å². The van der Waals surface area contributed by atoms with Gasteiger partial charge in [0.1, 0.15) is 5.58 Å². The highest BCUT2D eigenvalue weighted by Crippen LogP contribution is 2.29. The maximum absolute atomic E-state index is 12.9. The van der Waals surface area contributed by atoms with E-state index in [1.165, 1.54) is 7.11 Å². The predicted molar refractivity (Wildman–Crippen MR) is 90.9 cm³/mol. The molecule has 0 unspecified atom stereocenters. The van der Waals surface area contributed by atoms with Crippen molar-refractivity contribution in [3.05, 3.63) is 34.0 Å². The molecule has 0 saturated carbocycles. The minimum atomic E-state index is -0.776. The fourth-order valence-electron chi connectivity index (χ4n) is 2.92. The summed E-state index contributed by atoms with van der Waals surface area (Å²) in [6.07, 6.45) is -1.04. The van der Waals surface area contributed by atoms with Crippen LogP contribution in [0.4, 0.5) is 0 Å². The first-order chi connectivity index (χ1) is 11.4. The normalized spacial score (nSPS) is 21.1. The molecule has 0 aliphatic carbocycles. The van der Waals surface area contributed by atoms with Crippen molar-refractivity contribution in [2.75, 3.05) is 20.2 Å². The van der Waals surface area contributed by atoms with Crippen LogP contribution in [0.5, 0.6) is 0 Å². The smallest absolute Gasteiger partial charge is 0.336 e. The molecule has 1 aliphatic heterocycles. The molecule has 7 heteroatoms. The Bertz CT molecular complexity index is 800. The van der Waals surface area contributed by atoms with E-state index in [2.05, 4.69) is 15.9 Å². The van der Waals surface area contributed by atoms with Gasteiger partial charge in [-0.25, -0.2) is 4.79 Å². The van der Waals surface area contributed by atoms with Crippen molar-refractivity contribution in [1.29, 1.82) is 0 Å². The zero-order chi connectivity index (χ0) is 17.4. The van der Waals surface area contributed by atoms with Crippen LogP contribution in [0.25, 0.3) is 11.0 Å². The molecule has 24 heavy (non-hydrogen) atoms. The third-order valence-electron chi connectivity index (χ3n) is 4.10. The number of furan rings is 1. The molecule has 2 heterocycles. The number of fused-ring (bicyclic) bond motifs is 1. The second kappa shape index (κ2) is 6.57. The molecule has 3 rings (SSSR count). The van der Waals surface area contributed by atoms with Crippen molar-refractivity contribution in [3.63, 3.8) is 0 Å². The lowest BCUT2D eigenvalue weighted by molar-refractivity contribution is -0.164. The van der Waals surface area contributed by atoms with Crippen molar-refractivity contribution < 1.29 is 23.5 Å². The average molecular weight is 396 g/mol. The van der Waals surface area contributed by atoms with Gasteiger partial charge in [-0.15, -0.1) is 0 Å². The first-order valence-corrected chi connectivity index (χ1v) is 8.41. The van der Waals surface area contributed by atoms with Gasteiger partial charge in [-0.1, -0.05) is 15.9 Å². The van der Waals surface area contributed by atoms with E-state index in [1.807, 2.05) is 32.0 Å². The van der Waals surface area contributed by atoms with E-state index in [9.17, 15) is 9.59 Å². The highest BCUT2D eigenvalue weighted by molar-refractivity contribution is 9.10. The van der Waals surface area contributed by atoms with Gasteiger partial charge in [0.2, 0.25) is 0 Å². The number of aryl methyl sites for hydroxylation is 1. The van der Waals surface area contributed by atoms with Gasteiger partial charge in [-0.3, -0.25) is 4.79 Å². The zero-order valence-electron chi connectivity index (χ0n) is 13.7. The quantitative estimate of drug-likeness (QED) is 0.731. The third-order valence-corrected chi connectivity index (χ3v) is 4.60. The number of halogens is 1. The number of esters is 1. The number of rotatable bonds is 2. The first-order valence-electron chi connectivity index (χ1n) is 7.62. The minimum Gasteiger partial charge on any atom is -0.467 e. The van der Waals surface area contributed by atoms with E-state index >= 15 is 0 Å². The Hall–Kier alpha value is -1.86. The molecule has 2 atom stereocenters. The molecular weight excluding hydrogens is 378 g/mol. The molecule has 1 amide bonds. The number of amides is 1. The van der Waals surface area contributed by atoms with Gasteiger partial charge in [-0.05, 0) is 32.0 Å². The van der Waals surface area contributed by atoms with E-state index in [0.29, 0.717) is 17.9 Å². The van der Waals surface area contributed by atoms with Crippen LogP contribution in [0.1, 0.15) is 23.0 Å². The summed E-state index contributed by atoms with van der Waals surface area (Å²) >= 11 is 3.42. The molecule has 0 N–H and O–H groups in total. The number of ether oxygens (including phenoxy) is 2. The molecule has 128 valence electrons. The van der Waals surface area contributed by atoms with Crippen LogP contribution >= 0.6 is 15.9 Å². The standard InChI is InChI=1S/C17H18BrNO5/c1-9-7-19(8-14(23-9)17(21)22-3)16(20)15-10(2)12-6-11(18)4-5-13(12)24-15/h4-6,9,14H,7-8H2,1-3H3/t9-,14+/m1/s1. The van der Waals surface area contributed by atoms with E-state index < -0.39 is 12.1 Å². The molecule has 2 aromatic rings. The molecule has 6 nitrogen and oxygen atoms in total. The zero-order valence-corrected chi connectivity index (χ0v) is 15.3. The van der Waals surface area contributed by atoms with Gasteiger partial charge in [0.05, 0.1) is 19.8 Å². The minimum absolute atomic E-state index is 0.149. The van der Waals surface area contributed by atoms with Crippen LogP contribution in [-0.4, -0.2) is 49.2 Å². The number of hydrogen-bond acceptors (Lipinski definition) is 5. The molecule has 1 aromatic carbocycles. The van der Waals surface area contributed by atoms with Crippen LogP contribution in [-0.2, 0) is 14.3 Å². The summed E-state index contributed by atoms with van der Waals surface area (Å²) in [6.45, 7) is 4.22. The van der Waals surface area contributed by atoms with Crippen LogP contribution in [0.3, 0.4) is 0 Å². The Labute approximate surface area is 147 Å². The predicted octanol–water partition coefficient (Wildman–Crippen LogP) is 2.91. The number of morpholine rings is 1. The largest absolute Gasteiger partial charge is 0.467 e. The summed E-state index contributed by atoms with van der Waals surface area (Å²) in [5.74, 6) is -0.436. The molecule has 1 aromatic heterocycles. The molecular formula is C17H18BrNO5. The van der Waals surface area contributed by atoms with Gasteiger partial charge in [0.25, 0.3) is 5.91 Å². The SMILES string of the molecule is COC(=O)[C@@H]1CN(C(=O)c2oc3ccc(Br)cc3c2C)C[C@@H](C)O1. The van der Waals surface area contributed by atoms with Crippen LogP contribution in [0, 0.1) is 6.92 Å². The van der Waals surface area contributed by atoms with Crippen molar-refractivity contribution in [2.24, 2.45) is 0 Å². The maximum Gasteiger partial charge on any atom is 0.336 e. The number of methoxy groups -OCH3 is 1. The lowest BCUT2D eigenvalue weighted by atomic mass is 10.1. The Morgan fingerprint density at radius 3 is 2.79 bits per heavy atom. The first kappa shape index (κ1) is 17.0. The summed E-state index contributed by atoms with van der Waals surface area (Å²) in [5, 5.41) is 0.888. The summed E-state index contributed by atoms with van der Waals surface area (Å²) in [7, 11) is 1.30. The van der Waals surface area contributed by atoms with E-state index in [1.54, 1.807) is 4.90 Å². The van der Waals surface area contributed by atoms with Crippen LogP contribution in [0.15, 0.2) is 27.1 Å². The summed E-state index contributed by atoms with van der Waals surface area (Å²) in [4.78, 5) is 26.2. The number of nitrogens with zero attached hydrogens (tertiary/aromatic N) is 1. The summed E-state index contributed by atoms with van der Waals surface area (Å²) in [5.41, 5.74) is 1.44. The van der Waals surface area contributed by atoms with Gasteiger partial charge < -0.3 is 18.8 Å². The molecule has 0 bridgehead atoms. The lowest BCUT2D eigenvalue weighted by Gasteiger charge is -2.35. The van der Waals surface area contributed by atoms with E-state index in [0.717, 1.165) is 15.4 Å². The maximum atomic E-state index is 12.9. The molecule has 1 saturated heterocycles. The second-order valence-corrected chi connectivity index (χ2v) is 6.78. The number of benzene rings is 1. The van der Waals surface area contributed by atoms with Crippen molar-refractivity contribution in [3.8, 4) is 0 Å². The summed E-state index contributed by atoms with van der Waals surface area (Å²) in [6, 6.07) is 5.61. The van der Waals surface area contributed by atoms with Crippen molar-refractivity contribution in [2.45, 2.75) is 26.1 Å². The van der Waals surface area contributed by atoms with Gasteiger partial charge in [0, 0.05) is 22.0 Å². The van der Waals surface area contributed by atoms with Crippen molar-refractivity contribution in [1.82, 2.24) is 4.90 Å². The van der Waals surface area contributed by atoms with Crippen molar-refractivity contribution >= 4 is 38.8 Å². The van der Waals surface area contributed by atoms with Crippen LogP contribution in [0.2, 0.25) is 0 Å². The summed E-state index contributed by atoms with van der Waals surface area (Å²) < 4.78 is 17.0. The fourth-order valence-corrected chi connectivity index (χ4v) is 3.28. The second-order valence-electron chi connectivity index (χ2n) is 5.87. The van der Waals surface area contributed by atoms with E-state index in [-0.39, 0.29) is 18.6 Å².